The van der Waals surface area contributed by atoms with E-state index in [1.54, 1.807) is 0 Å². The lowest BCUT2D eigenvalue weighted by atomic mass is 9.84. The second kappa shape index (κ2) is 6.21. The van der Waals surface area contributed by atoms with Gasteiger partial charge in [0.25, 0.3) is 0 Å². The van der Waals surface area contributed by atoms with Crippen molar-refractivity contribution in [3.05, 3.63) is 102 Å². The van der Waals surface area contributed by atoms with Crippen molar-refractivity contribution in [3.8, 4) is 0 Å². The van der Waals surface area contributed by atoms with E-state index in [4.69, 9.17) is 0 Å². The molecule has 0 radical (unpaired) electrons. The Balaban J connectivity index is 1.76. The highest BCUT2D eigenvalue weighted by atomic mass is 79.9. The Kier molecular flexibility index (Phi) is 3.47. The number of halogens is 2. The Morgan fingerprint density at radius 1 is 0.382 bits per heavy atom. The third-order valence-electron chi connectivity index (χ3n) is 7.39. The molecule has 8 aromatic carbocycles. The minimum Gasteiger partial charge on any atom is -0.289 e. The molecule has 0 saturated carbocycles. The van der Waals surface area contributed by atoms with E-state index >= 15 is 0 Å². The van der Waals surface area contributed by atoms with Crippen LogP contribution in [0.4, 0.5) is 0 Å². The van der Waals surface area contributed by atoms with Crippen LogP contribution in [0.3, 0.4) is 0 Å². The first-order valence-corrected chi connectivity index (χ1v) is 12.6. The zero-order valence-corrected chi connectivity index (χ0v) is 20.7. The van der Waals surface area contributed by atoms with Gasteiger partial charge in [-0.25, -0.2) is 0 Å². The largest absolute Gasteiger partial charge is 0.289 e. The SMILES string of the molecule is O=c1c2cc(Br)ccc2c2cc3ccc4c(=O)c5cc(Br)ccc5c5cc6ccc1c2c6c3c45. The summed E-state index contributed by atoms with van der Waals surface area (Å²) in [5, 5.41) is 13.2. The van der Waals surface area contributed by atoms with Gasteiger partial charge in [0.1, 0.15) is 0 Å². The normalized spacial score (nSPS) is 12.6. The third kappa shape index (κ3) is 2.16. The molecule has 0 spiro atoms. The van der Waals surface area contributed by atoms with E-state index in [2.05, 4.69) is 56.1 Å². The maximum atomic E-state index is 13.5. The minimum absolute atomic E-state index is 0.0422. The van der Waals surface area contributed by atoms with Crippen molar-refractivity contribution >= 4 is 107 Å². The molecule has 158 valence electrons. The van der Waals surface area contributed by atoms with Gasteiger partial charge in [-0.15, -0.1) is 0 Å². The number of hydrogen-bond donors (Lipinski definition) is 0. The summed E-state index contributed by atoms with van der Waals surface area (Å²) in [6.07, 6.45) is 0. The Morgan fingerprint density at radius 3 is 1.24 bits per heavy atom. The molecular weight excluding hydrogens is 552 g/mol. The highest BCUT2D eigenvalue weighted by Crippen LogP contribution is 2.45. The van der Waals surface area contributed by atoms with Crippen LogP contribution in [0.2, 0.25) is 0 Å². The second-order valence-corrected chi connectivity index (χ2v) is 10.9. The molecule has 0 aromatic heterocycles. The number of benzene rings is 8. The topological polar surface area (TPSA) is 34.1 Å². The van der Waals surface area contributed by atoms with Gasteiger partial charge in [-0.3, -0.25) is 9.59 Å². The highest BCUT2D eigenvalue weighted by Gasteiger charge is 2.21. The zero-order chi connectivity index (χ0) is 22.9. The maximum Gasteiger partial charge on any atom is 0.194 e. The minimum atomic E-state index is 0.0422. The van der Waals surface area contributed by atoms with Crippen molar-refractivity contribution in [1.82, 2.24) is 0 Å². The Bertz CT molecular complexity index is 2120. The van der Waals surface area contributed by atoms with E-state index in [9.17, 15) is 9.59 Å². The molecule has 0 bridgehead atoms. The molecule has 0 unspecified atom stereocenters. The van der Waals surface area contributed by atoms with Crippen LogP contribution in [-0.2, 0) is 0 Å². The Labute approximate surface area is 208 Å². The maximum absolute atomic E-state index is 13.5. The summed E-state index contributed by atoms with van der Waals surface area (Å²) in [5.41, 5.74) is 0.0843. The molecule has 8 rings (SSSR count). The van der Waals surface area contributed by atoms with Gasteiger partial charge < -0.3 is 0 Å². The summed E-state index contributed by atoms with van der Waals surface area (Å²) in [6.45, 7) is 0. The standard InChI is InChI=1S/C30H12Br2O2/c31-15-4-8-18-22-10-14-2-6-20-28-21(17-7-3-16(32)12-24(17)30(20)34)9-13-1-5-19(29(33)23(18)11-15)27(22)25(13)26(14)28/h1-12H. The van der Waals surface area contributed by atoms with E-state index in [0.717, 1.165) is 84.4 Å². The van der Waals surface area contributed by atoms with Gasteiger partial charge >= 0.3 is 0 Å². The molecule has 0 aliphatic heterocycles. The van der Waals surface area contributed by atoms with Gasteiger partial charge in [-0.2, -0.15) is 0 Å². The van der Waals surface area contributed by atoms with Gasteiger partial charge in [-0.1, -0.05) is 56.1 Å². The van der Waals surface area contributed by atoms with Crippen LogP contribution in [0.15, 0.2) is 91.3 Å². The summed E-state index contributed by atoms with van der Waals surface area (Å²) < 4.78 is 1.78. The summed E-state index contributed by atoms with van der Waals surface area (Å²) in [4.78, 5) is 27.1. The highest BCUT2D eigenvalue weighted by molar-refractivity contribution is 9.10. The van der Waals surface area contributed by atoms with Crippen LogP contribution in [0, 0.1) is 0 Å². The average Bonchev–Trinajstić information content (AvgIpc) is 2.84. The Morgan fingerprint density at radius 2 is 0.794 bits per heavy atom. The third-order valence-corrected chi connectivity index (χ3v) is 8.37. The lowest BCUT2D eigenvalue weighted by Crippen LogP contribution is -2.06. The smallest absolute Gasteiger partial charge is 0.194 e. The van der Waals surface area contributed by atoms with E-state index in [1.807, 2.05) is 48.5 Å². The Hall–Kier alpha value is -3.34. The van der Waals surface area contributed by atoms with Crippen molar-refractivity contribution in [2.24, 2.45) is 0 Å². The number of fused-ring (bicyclic) bond motifs is 4. The molecule has 34 heavy (non-hydrogen) atoms. The molecule has 0 aliphatic rings. The van der Waals surface area contributed by atoms with E-state index in [1.165, 1.54) is 0 Å². The molecule has 0 fully saturated rings. The van der Waals surface area contributed by atoms with E-state index in [-0.39, 0.29) is 10.9 Å². The molecule has 4 heteroatoms. The van der Waals surface area contributed by atoms with Crippen molar-refractivity contribution < 1.29 is 0 Å². The lowest BCUT2D eigenvalue weighted by Gasteiger charge is -2.18. The summed E-state index contributed by atoms with van der Waals surface area (Å²) in [5.74, 6) is 0. The molecular formula is C30H12Br2O2. The molecule has 8 aromatic rings. The number of hydrogen-bond acceptors (Lipinski definition) is 2. The predicted octanol–water partition coefficient (Wildman–Crippen LogP) is 8.32. The molecule has 0 saturated heterocycles. The van der Waals surface area contributed by atoms with E-state index in [0.29, 0.717) is 0 Å². The quantitative estimate of drug-likeness (QED) is 0.137. The van der Waals surface area contributed by atoms with Crippen LogP contribution in [0.1, 0.15) is 0 Å². The van der Waals surface area contributed by atoms with Crippen molar-refractivity contribution in [3.63, 3.8) is 0 Å². The monoisotopic (exact) mass is 562 g/mol. The summed E-state index contributed by atoms with van der Waals surface area (Å²) in [6, 6.07) is 24.3. The number of rotatable bonds is 0. The van der Waals surface area contributed by atoms with Gasteiger partial charge in [0, 0.05) is 41.3 Å². The van der Waals surface area contributed by atoms with Crippen LogP contribution in [-0.4, -0.2) is 0 Å². The second-order valence-electron chi connectivity index (χ2n) is 9.06. The van der Waals surface area contributed by atoms with E-state index < -0.39 is 0 Å². The van der Waals surface area contributed by atoms with Crippen LogP contribution >= 0.6 is 31.9 Å². The van der Waals surface area contributed by atoms with Crippen molar-refractivity contribution in [2.75, 3.05) is 0 Å². The average molecular weight is 564 g/mol. The zero-order valence-electron chi connectivity index (χ0n) is 17.5. The first kappa shape index (κ1) is 19.0. The first-order chi connectivity index (χ1) is 16.5. The molecule has 2 nitrogen and oxygen atoms in total. The van der Waals surface area contributed by atoms with Crippen LogP contribution in [0.25, 0.3) is 75.4 Å². The fourth-order valence-corrected chi connectivity index (χ4v) is 6.73. The predicted molar refractivity (Wildman–Crippen MR) is 150 cm³/mol. The molecule has 0 amide bonds. The van der Waals surface area contributed by atoms with Crippen LogP contribution < -0.4 is 10.9 Å². The van der Waals surface area contributed by atoms with Crippen molar-refractivity contribution in [1.29, 1.82) is 0 Å². The van der Waals surface area contributed by atoms with Gasteiger partial charge in [-0.05, 0) is 91.6 Å². The van der Waals surface area contributed by atoms with Crippen molar-refractivity contribution in [2.45, 2.75) is 0 Å². The molecule has 0 aliphatic carbocycles. The molecule has 0 heterocycles. The molecule has 0 atom stereocenters. The molecule has 0 N–H and O–H groups in total. The van der Waals surface area contributed by atoms with Gasteiger partial charge in [0.2, 0.25) is 0 Å². The summed E-state index contributed by atoms with van der Waals surface area (Å²) >= 11 is 7.04. The fourth-order valence-electron chi connectivity index (χ4n) is 6.00. The van der Waals surface area contributed by atoms with Gasteiger partial charge in [0.15, 0.2) is 10.9 Å². The van der Waals surface area contributed by atoms with Crippen LogP contribution in [0.5, 0.6) is 0 Å². The first-order valence-electron chi connectivity index (χ1n) is 11.0. The lowest BCUT2D eigenvalue weighted by molar-refractivity contribution is 1.69. The fraction of sp³-hybridized carbons (Fsp3) is 0. The summed E-state index contributed by atoms with van der Waals surface area (Å²) in [7, 11) is 0. The van der Waals surface area contributed by atoms with Gasteiger partial charge in [0.05, 0.1) is 0 Å².